The minimum Gasteiger partial charge on any atom is -0.496 e. The molecule has 12 nitrogen and oxygen atoms in total. The number of hydrogen-bond donors (Lipinski definition) is 3. The summed E-state index contributed by atoms with van der Waals surface area (Å²) >= 11 is 0. The summed E-state index contributed by atoms with van der Waals surface area (Å²) in [6.07, 6.45) is 2.69. The molecule has 46 heavy (non-hydrogen) atoms. The maximum absolute atomic E-state index is 13.5. The van der Waals surface area contributed by atoms with Gasteiger partial charge in [0.2, 0.25) is 5.91 Å². The lowest BCUT2D eigenvalue weighted by Gasteiger charge is -2.25. The highest BCUT2D eigenvalue weighted by molar-refractivity contribution is 5.94. The van der Waals surface area contributed by atoms with Gasteiger partial charge in [0.25, 0.3) is 0 Å². The Kier molecular flexibility index (Phi) is 9.13. The number of aromatic nitrogens is 3. The summed E-state index contributed by atoms with van der Waals surface area (Å²) in [6, 6.07) is 4.02. The van der Waals surface area contributed by atoms with Gasteiger partial charge in [-0.05, 0) is 50.8 Å². The normalized spacial score (nSPS) is 23.1. The summed E-state index contributed by atoms with van der Waals surface area (Å²) < 4.78 is 52.3. The summed E-state index contributed by atoms with van der Waals surface area (Å²) in [5.41, 5.74) is -1.54. The number of rotatable bonds is 7. The molecule has 0 saturated heterocycles. The minimum atomic E-state index is -4.65. The number of alkyl halides is 3. The zero-order valence-corrected chi connectivity index (χ0v) is 25.6. The molecule has 3 N–H and O–H groups in total. The monoisotopic (exact) mass is 644 g/mol. The molecule has 0 radical (unpaired) electrons. The van der Waals surface area contributed by atoms with E-state index in [-0.39, 0.29) is 36.9 Å². The van der Waals surface area contributed by atoms with Crippen LogP contribution in [0.5, 0.6) is 11.5 Å². The molecule has 15 heteroatoms. The third kappa shape index (κ3) is 6.72. The average molecular weight is 645 g/mol. The highest BCUT2D eigenvalue weighted by atomic mass is 19.4. The Bertz CT molecular complexity index is 1670. The fourth-order valence-corrected chi connectivity index (χ4v) is 5.49. The van der Waals surface area contributed by atoms with Crippen molar-refractivity contribution in [3.05, 3.63) is 53.9 Å². The number of aryl methyl sites for hydroxylation is 1. The minimum absolute atomic E-state index is 0.0457. The third-order valence-electron chi connectivity index (χ3n) is 8.32. The number of fused-ring (bicyclic) bond motifs is 2. The molecule has 5 rings (SSSR count). The summed E-state index contributed by atoms with van der Waals surface area (Å²) in [4.78, 5) is 44.6. The van der Waals surface area contributed by atoms with Crippen molar-refractivity contribution in [2.75, 3.05) is 27.3 Å². The quantitative estimate of drug-likeness (QED) is 0.324. The van der Waals surface area contributed by atoms with Gasteiger partial charge in [-0.2, -0.15) is 18.3 Å². The van der Waals surface area contributed by atoms with E-state index in [1.165, 1.54) is 18.1 Å². The number of hydrogen-bond acceptors (Lipinski definition) is 7. The number of benzene rings is 1. The van der Waals surface area contributed by atoms with E-state index in [9.17, 15) is 32.7 Å². The van der Waals surface area contributed by atoms with Crippen LogP contribution in [0.3, 0.4) is 0 Å². The average Bonchev–Trinajstić information content (AvgIpc) is 3.45. The smallest absolute Gasteiger partial charge is 0.435 e. The SMILES string of the molecule is COc1ccc2c(OCC[C@@H]3NC(=O)N(C)CCCC/C=C\[C@@H]4C[C@@]4(C(=O)O)NC3=O)cc(-n3ccc(C(F)(F)F)n3)nc2c1C. The number of carbonyl (C=O) groups excluding carboxylic acids is 2. The number of ether oxygens (including phenoxy) is 2. The predicted octanol–water partition coefficient (Wildman–Crippen LogP) is 4.23. The van der Waals surface area contributed by atoms with Crippen molar-refractivity contribution in [3.63, 3.8) is 0 Å². The maximum Gasteiger partial charge on any atom is 0.435 e. The van der Waals surface area contributed by atoms with E-state index in [4.69, 9.17) is 9.47 Å². The van der Waals surface area contributed by atoms with E-state index in [1.807, 2.05) is 12.2 Å². The van der Waals surface area contributed by atoms with Gasteiger partial charge < -0.3 is 30.1 Å². The van der Waals surface area contributed by atoms with E-state index < -0.39 is 41.4 Å². The van der Waals surface area contributed by atoms with Gasteiger partial charge in [0, 0.05) is 49.1 Å². The molecule has 1 aromatic carbocycles. The number of amides is 3. The fraction of sp³-hybridized carbons (Fsp3) is 0.452. The molecule has 1 saturated carbocycles. The summed E-state index contributed by atoms with van der Waals surface area (Å²) in [7, 11) is 3.09. The largest absolute Gasteiger partial charge is 0.496 e. The number of carboxylic acids is 1. The number of halogens is 3. The van der Waals surface area contributed by atoms with E-state index >= 15 is 0 Å². The molecule has 3 amide bonds. The Morgan fingerprint density at radius 3 is 2.67 bits per heavy atom. The number of methoxy groups -OCH3 is 1. The fourth-order valence-electron chi connectivity index (χ4n) is 5.49. The molecule has 0 bridgehead atoms. The standard InChI is InChI=1S/C31H35F3N6O6/c1-18-22(45-3)10-9-20-23(16-25(36-26(18)20)40-14-11-24(38-40)31(32,33)34)46-15-12-21-27(41)37-30(28(42)43)17-19(30)8-6-4-5-7-13-39(2)29(44)35-21/h6,8-11,14,16,19,21H,4-5,7,12-13,15,17H2,1-3H3,(H,35,44)(H,37,41)(H,42,43)/b8-6-/t19-,21+,30-/m1/s1. The Morgan fingerprint density at radius 1 is 1.20 bits per heavy atom. The number of carboxylic acid groups (broad SMARTS) is 1. The first-order valence-electron chi connectivity index (χ1n) is 14.8. The molecule has 1 aliphatic heterocycles. The summed E-state index contributed by atoms with van der Waals surface area (Å²) in [5, 5.41) is 19.4. The molecular weight excluding hydrogens is 609 g/mol. The highest BCUT2D eigenvalue weighted by Crippen LogP contribution is 2.45. The summed E-state index contributed by atoms with van der Waals surface area (Å²) in [5.74, 6) is -1.39. The van der Waals surface area contributed by atoms with Crippen LogP contribution in [0.25, 0.3) is 16.7 Å². The number of pyridine rings is 1. The van der Waals surface area contributed by atoms with Crippen LogP contribution in [-0.2, 0) is 15.8 Å². The second-order valence-electron chi connectivity index (χ2n) is 11.5. The van der Waals surface area contributed by atoms with Crippen molar-refractivity contribution < 1.29 is 42.1 Å². The van der Waals surface area contributed by atoms with E-state index in [1.54, 1.807) is 26.1 Å². The van der Waals surface area contributed by atoms with Gasteiger partial charge in [0.15, 0.2) is 11.5 Å². The van der Waals surface area contributed by atoms with Crippen molar-refractivity contribution in [2.24, 2.45) is 5.92 Å². The molecule has 3 heterocycles. The topological polar surface area (TPSA) is 148 Å². The van der Waals surface area contributed by atoms with Gasteiger partial charge in [0.1, 0.15) is 23.1 Å². The highest BCUT2D eigenvalue weighted by Gasteiger charge is 2.60. The van der Waals surface area contributed by atoms with Crippen molar-refractivity contribution >= 4 is 28.8 Å². The van der Waals surface area contributed by atoms with Crippen molar-refractivity contribution in [1.29, 1.82) is 0 Å². The first kappa shape index (κ1) is 32.6. The molecule has 1 aliphatic carbocycles. The van der Waals surface area contributed by atoms with E-state index in [0.717, 1.165) is 36.2 Å². The Labute approximate surface area is 262 Å². The Hall–Kier alpha value is -4.82. The van der Waals surface area contributed by atoms with Crippen LogP contribution in [-0.4, -0.2) is 81.6 Å². The lowest BCUT2D eigenvalue weighted by atomic mass is 10.1. The van der Waals surface area contributed by atoms with Crippen LogP contribution in [0, 0.1) is 12.8 Å². The number of aliphatic carboxylic acids is 1. The van der Waals surface area contributed by atoms with Gasteiger partial charge in [-0.25, -0.2) is 19.3 Å². The molecule has 2 aliphatic rings. The number of allylic oxidation sites excluding steroid dienone is 1. The van der Waals surface area contributed by atoms with E-state index in [2.05, 4.69) is 20.7 Å². The zero-order valence-electron chi connectivity index (χ0n) is 25.6. The van der Waals surface area contributed by atoms with Crippen molar-refractivity contribution in [3.8, 4) is 17.3 Å². The molecule has 246 valence electrons. The van der Waals surface area contributed by atoms with Crippen LogP contribution >= 0.6 is 0 Å². The van der Waals surface area contributed by atoms with Crippen molar-refractivity contribution in [1.82, 2.24) is 30.3 Å². The first-order chi connectivity index (χ1) is 21.8. The van der Waals surface area contributed by atoms with Gasteiger partial charge in [0.05, 0.1) is 19.2 Å². The molecule has 1 fully saturated rings. The Balaban J connectivity index is 1.42. The third-order valence-corrected chi connectivity index (χ3v) is 8.32. The lowest BCUT2D eigenvalue weighted by molar-refractivity contribution is -0.143. The number of nitrogens with zero attached hydrogens (tertiary/aromatic N) is 4. The Morgan fingerprint density at radius 2 is 1.98 bits per heavy atom. The predicted molar refractivity (Wildman–Crippen MR) is 160 cm³/mol. The van der Waals surface area contributed by atoms with Gasteiger partial charge >= 0.3 is 18.2 Å². The van der Waals surface area contributed by atoms with E-state index in [0.29, 0.717) is 28.8 Å². The summed E-state index contributed by atoms with van der Waals surface area (Å²) in [6.45, 7) is 2.09. The molecular formula is C31H35F3N6O6. The number of nitrogens with one attached hydrogen (secondary N) is 2. The molecule has 2 aromatic heterocycles. The maximum atomic E-state index is 13.5. The van der Waals surface area contributed by atoms with Gasteiger partial charge in [-0.3, -0.25) is 4.79 Å². The molecule has 3 aromatic rings. The second-order valence-corrected chi connectivity index (χ2v) is 11.5. The molecule has 0 unspecified atom stereocenters. The van der Waals surface area contributed by atoms with Gasteiger partial charge in [-0.15, -0.1) is 0 Å². The van der Waals surface area contributed by atoms with Crippen LogP contribution in [0.2, 0.25) is 0 Å². The number of carbonyl (C=O) groups is 3. The zero-order chi connectivity index (χ0) is 33.2. The van der Waals surface area contributed by atoms with Gasteiger partial charge in [-0.1, -0.05) is 12.2 Å². The van der Waals surface area contributed by atoms with Crippen LogP contribution in [0.15, 0.2) is 42.6 Å². The lowest BCUT2D eigenvalue weighted by Crippen LogP contribution is -2.55. The van der Waals surface area contributed by atoms with Crippen LogP contribution in [0.1, 0.15) is 43.4 Å². The molecule has 0 spiro atoms. The van der Waals surface area contributed by atoms with Crippen molar-refractivity contribution in [2.45, 2.75) is 56.8 Å². The number of urea groups is 1. The van der Waals surface area contributed by atoms with Crippen LogP contribution < -0.4 is 20.1 Å². The second kappa shape index (κ2) is 12.9. The first-order valence-corrected chi connectivity index (χ1v) is 14.8. The molecule has 3 atom stereocenters. The van der Waals surface area contributed by atoms with Crippen LogP contribution in [0.4, 0.5) is 18.0 Å².